The summed E-state index contributed by atoms with van der Waals surface area (Å²) in [5.41, 5.74) is 1.69. The molecular weight excluding hydrogens is 642 g/mol. The molecule has 2 aliphatic heterocycles. The first-order valence-electron chi connectivity index (χ1n) is 16.2. The number of carbonyl (C=O) groups is 2. The number of aliphatic hydroxyl groups is 2. The van der Waals surface area contributed by atoms with Gasteiger partial charge < -0.3 is 34.8 Å². The van der Waals surface area contributed by atoms with Crippen LogP contribution in [0.1, 0.15) is 37.7 Å². The van der Waals surface area contributed by atoms with Crippen molar-refractivity contribution in [3.8, 4) is 11.3 Å². The molecule has 6 rings (SSSR count). The molecule has 2 aliphatic rings. The number of carboxylic acid groups (broad SMARTS) is 1. The molecule has 260 valence electrons. The summed E-state index contributed by atoms with van der Waals surface area (Å²) in [6.45, 7) is 9.83. The quantitative estimate of drug-likeness (QED) is 0.170. The number of aliphatic hydroxyl groups excluding tert-OH is 2. The van der Waals surface area contributed by atoms with Gasteiger partial charge in [0.1, 0.15) is 22.9 Å². The van der Waals surface area contributed by atoms with Crippen molar-refractivity contribution in [2.24, 2.45) is 5.92 Å². The Balaban J connectivity index is 1.16. The SMILES string of the molecule is CCN1CCN(Cc2ccc(Nc3ncc(F)c(-c4cc(F)c5nc6n(c5c4)[C@H](C)CC(COC(=O)C(O)[C@@H](O)C(=O)O)C6)n3)nc2)CC1. The normalized spacial score (nSPS) is 19.7. The topological polar surface area (TPSA) is 179 Å². The second-order valence-corrected chi connectivity index (χ2v) is 12.5. The minimum atomic E-state index is -2.31. The highest BCUT2D eigenvalue weighted by atomic mass is 19.1. The molecule has 0 spiro atoms. The van der Waals surface area contributed by atoms with Crippen LogP contribution in [0.15, 0.2) is 36.7 Å². The molecule has 0 aliphatic carbocycles. The Labute approximate surface area is 280 Å². The van der Waals surface area contributed by atoms with Gasteiger partial charge in [-0.15, -0.1) is 0 Å². The Bertz CT molecular complexity index is 1830. The van der Waals surface area contributed by atoms with Crippen LogP contribution in [-0.2, 0) is 27.3 Å². The highest BCUT2D eigenvalue weighted by Crippen LogP contribution is 2.36. The highest BCUT2D eigenvalue weighted by molar-refractivity contribution is 5.84. The Morgan fingerprint density at radius 1 is 1.02 bits per heavy atom. The van der Waals surface area contributed by atoms with Crippen molar-refractivity contribution in [1.82, 2.24) is 34.3 Å². The van der Waals surface area contributed by atoms with Gasteiger partial charge in [0.25, 0.3) is 0 Å². The van der Waals surface area contributed by atoms with E-state index in [4.69, 9.17) is 9.84 Å². The number of halogens is 2. The number of benzene rings is 1. The van der Waals surface area contributed by atoms with E-state index >= 15 is 8.78 Å². The summed E-state index contributed by atoms with van der Waals surface area (Å²) in [5.74, 6) is -3.61. The maximum atomic E-state index is 15.5. The molecular formula is C33H38F2N8O6. The lowest BCUT2D eigenvalue weighted by Crippen LogP contribution is -2.45. The molecule has 49 heavy (non-hydrogen) atoms. The van der Waals surface area contributed by atoms with E-state index in [9.17, 15) is 19.8 Å². The second kappa shape index (κ2) is 14.5. The fraction of sp³-hybridized carbons (Fsp3) is 0.455. The van der Waals surface area contributed by atoms with Gasteiger partial charge >= 0.3 is 11.9 Å². The molecule has 0 bridgehead atoms. The van der Waals surface area contributed by atoms with E-state index in [1.165, 1.54) is 6.07 Å². The molecule has 3 aromatic heterocycles. The zero-order valence-corrected chi connectivity index (χ0v) is 27.1. The van der Waals surface area contributed by atoms with E-state index in [1.807, 2.05) is 23.6 Å². The van der Waals surface area contributed by atoms with Crippen molar-refractivity contribution in [2.45, 2.75) is 51.5 Å². The maximum absolute atomic E-state index is 15.5. The fourth-order valence-corrected chi connectivity index (χ4v) is 6.44. The van der Waals surface area contributed by atoms with Crippen molar-refractivity contribution in [3.63, 3.8) is 0 Å². The van der Waals surface area contributed by atoms with E-state index in [0.717, 1.165) is 51.0 Å². The summed E-state index contributed by atoms with van der Waals surface area (Å²) in [7, 11) is 0. The minimum absolute atomic E-state index is 0.0904. The van der Waals surface area contributed by atoms with Gasteiger partial charge in [0.05, 0.1) is 18.3 Å². The van der Waals surface area contributed by atoms with Crippen LogP contribution in [0.25, 0.3) is 22.3 Å². The van der Waals surface area contributed by atoms with Crippen LogP contribution in [0.2, 0.25) is 0 Å². The Hall–Kier alpha value is -4.64. The summed E-state index contributed by atoms with van der Waals surface area (Å²) in [6, 6.07) is 6.34. The average molecular weight is 681 g/mol. The van der Waals surface area contributed by atoms with Crippen molar-refractivity contribution < 1.29 is 38.4 Å². The van der Waals surface area contributed by atoms with Crippen LogP contribution >= 0.6 is 0 Å². The van der Waals surface area contributed by atoms with E-state index in [2.05, 4.69) is 42.0 Å². The smallest absolute Gasteiger partial charge is 0.338 e. The van der Waals surface area contributed by atoms with Crippen LogP contribution in [-0.4, -0.2) is 113 Å². The van der Waals surface area contributed by atoms with Gasteiger partial charge in [0.15, 0.2) is 23.8 Å². The molecule has 4 atom stereocenters. The zero-order chi connectivity index (χ0) is 34.8. The molecule has 1 fully saturated rings. The molecule has 16 heteroatoms. The zero-order valence-electron chi connectivity index (χ0n) is 27.1. The minimum Gasteiger partial charge on any atom is -0.479 e. The maximum Gasteiger partial charge on any atom is 0.338 e. The number of piperazine rings is 1. The van der Waals surface area contributed by atoms with Crippen molar-refractivity contribution in [3.05, 3.63) is 59.7 Å². The number of pyridine rings is 1. The number of ether oxygens (including phenoxy) is 1. The lowest BCUT2D eigenvalue weighted by atomic mass is 9.93. The lowest BCUT2D eigenvalue weighted by Gasteiger charge is -2.33. The number of hydrogen-bond donors (Lipinski definition) is 4. The molecule has 4 aromatic rings. The number of aromatic nitrogens is 5. The van der Waals surface area contributed by atoms with Gasteiger partial charge in [-0.25, -0.2) is 38.3 Å². The summed E-state index contributed by atoms with van der Waals surface area (Å²) < 4.78 is 37.5. The number of likely N-dealkylation sites (N-methyl/N-ethyl adjacent to an activating group) is 1. The van der Waals surface area contributed by atoms with Crippen molar-refractivity contribution in [1.29, 1.82) is 0 Å². The molecule has 14 nitrogen and oxygen atoms in total. The summed E-state index contributed by atoms with van der Waals surface area (Å²) in [6.07, 6.45) is -0.969. The molecule has 0 saturated carbocycles. The number of fused-ring (bicyclic) bond motifs is 3. The van der Waals surface area contributed by atoms with Crippen molar-refractivity contribution in [2.75, 3.05) is 44.6 Å². The Kier molecular flexibility index (Phi) is 10.1. The van der Waals surface area contributed by atoms with Crippen LogP contribution in [0.3, 0.4) is 0 Å². The van der Waals surface area contributed by atoms with Crippen LogP contribution in [0, 0.1) is 17.6 Å². The molecule has 1 saturated heterocycles. The first-order valence-corrected chi connectivity index (χ1v) is 16.2. The monoisotopic (exact) mass is 680 g/mol. The lowest BCUT2D eigenvalue weighted by molar-refractivity contribution is -0.170. The van der Waals surface area contributed by atoms with E-state index < -0.39 is 35.8 Å². The number of nitrogens with zero attached hydrogens (tertiary/aromatic N) is 7. The van der Waals surface area contributed by atoms with Gasteiger partial charge in [-0.05, 0) is 43.7 Å². The van der Waals surface area contributed by atoms with E-state index in [0.29, 0.717) is 23.6 Å². The molecule has 5 heterocycles. The Morgan fingerprint density at radius 3 is 2.47 bits per heavy atom. The predicted molar refractivity (Wildman–Crippen MR) is 173 cm³/mol. The molecule has 2 unspecified atom stereocenters. The number of hydrogen-bond acceptors (Lipinski definition) is 12. The molecule has 0 radical (unpaired) electrons. The number of rotatable bonds is 11. The first-order chi connectivity index (χ1) is 23.5. The second-order valence-electron chi connectivity index (χ2n) is 12.5. The summed E-state index contributed by atoms with van der Waals surface area (Å²) in [5, 5.41) is 30.9. The molecule has 4 N–H and O–H groups in total. The van der Waals surface area contributed by atoms with Crippen LogP contribution in [0.4, 0.5) is 20.5 Å². The first kappa shape index (κ1) is 34.2. The third-order valence-electron chi connectivity index (χ3n) is 9.06. The van der Waals surface area contributed by atoms with Gasteiger partial charge in [0, 0.05) is 62.9 Å². The number of nitrogens with one attached hydrogen (secondary N) is 1. The van der Waals surface area contributed by atoms with E-state index in [1.54, 1.807) is 12.3 Å². The van der Waals surface area contributed by atoms with Gasteiger partial charge in [-0.2, -0.15) is 0 Å². The number of carboxylic acids is 1. The predicted octanol–water partition coefficient (Wildman–Crippen LogP) is 2.52. The van der Waals surface area contributed by atoms with Crippen molar-refractivity contribution >= 4 is 34.7 Å². The van der Waals surface area contributed by atoms with Gasteiger partial charge in [-0.1, -0.05) is 13.0 Å². The third kappa shape index (κ3) is 7.51. The number of carbonyl (C=O) groups excluding carboxylic acids is 1. The average Bonchev–Trinajstić information content (AvgIpc) is 3.48. The summed E-state index contributed by atoms with van der Waals surface area (Å²) in [4.78, 5) is 45.1. The Morgan fingerprint density at radius 2 is 1.78 bits per heavy atom. The largest absolute Gasteiger partial charge is 0.479 e. The number of esters is 1. The highest BCUT2D eigenvalue weighted by Gasteiger charge is 2.34. The number of imidazole rings is 1. The molecule has 1 aromatic carbocycles. The fourth-order valence-electron chi connectivity index (χ4n) is 6.44. The number of anilines is 2. The van der Waals surface area contributed by atoms with Crippen LogP contribution < -0.4 is 5.32 Å². The van der Waals surface area contributed by atoms with E-state index in [-0.39, 0.29) is 47.7 Å². The van der Waals surface area contributed by atoms with Gasteiger partial charge in [0.2, 0.25) is 5.95 Å². The molecule has 0 amide bonds. The summed E-state index contributed by atoms with van der Waals surface area (Å²) >= 11 is 0. The third-order valence-corrected chi connectivity index (χ3v) is 9.06. The standard InChI is InChI=1S/C33H38F2N8O6/c1-3-41-6-8-42(9-7-41)16-19-4-5-25(36-14-19)38-33-37-15-23(35)27(40-33)21-12-22(34)28-24(13-21)43-18(2)10-20(11-26(43)39-28)17-49-32(48)30(45)29(44)31(46)47/h4-5,12-15,18,20,29-30,44-45H,3,6-11,16-17H2,1-2H3,(H,46,47)(H,36,37,38,40)/t18-,20?,29-,30?/m1/s1. The van der Waals surface area contributed by atoms with Gasteiger partial charge in [-0.3, -0.25) is 4.90 Å². The number of aliphatic carboxylic acids is 1. The van der Waals surface area contributed by atoms with Crippen LogP contribution in [0.5, 0.6) is 0 Å².